The summed E-state index contributed by atoms with van der Waals surface area (Å²) in [5.74, 6) is -0.212. The molecule has 0 atom stereocenters. The fourth-order valence-corrected chi connectivity index (χ4v) is 2.31. The van der Waals surface area contributed by atoms with Gasteiger partial charge in [-0.2, -0.15) is 5.10 Å². The van der Waals surface area contributed by atoms with Gasteiger partial charge in [0.25, 0.3) is 5.91 Å². The molecular formula is C15H20N4O2. The zero-order valence-electron chi connectivity index (χ0n) is 12.3. The van der Waals surface area contributed by atoms with Gasteiger partial charge in [0.2, 0.25) is 0 Å². The number of aromatic nitrogens is 2. The zero-order chi connectivity index (χ0) is 15.4. The summed E-state index contributed by atoms with van der Waals surface area (Å²) in [6, 6.07) is 4.08. The molecule has 6 nitrogen and oxygen atoms in total. The van der Waals surface area contributed by atoms with E-state index in [0.29, 0.717) is 18.7 Å². The Labute approximate surface area is 123 Å². The van der Waals surface area contributed by atoms with E-state index in [1.165, 1.54) is 17.1 Å². The van der Waals surface area contributed by atoms with Crippen LogP contribution in [0.2, 0.25) is 0 Å². The molecule has 1 heterocycles. The topological polar surface area (TPSA) is 93.2 Å². The highest BCUT2D eigenvalue weighted by Gasteiger charge is 2.10. The van der Waals surface area contributed by atoms with Crippen LogP contribution in [0.1, 0.15) is 32.6 Å². The Morgan fingerprint density at radius 2 is 2.05 bits per heavy atom. The molecule has 0 aliphatic rings. The Hall–Kier alpha value is -2.18. The standard InChI is InChI=1S/C15H20N4O2/c1-10-3-12(5-16)4-11(2)14(10)7-17-15(21)13-6-18-19(8-13)9-20/h3-4,6,8,20H,5,7,9,16H2,1-2H3,(H,17,21). The second kappa shape index (κ2) is 6.51. The third kappa shape index (κ3) is 3.48. The van der Waals surface area contributed by atoms with Gasteiger partial charge < -0.3 is 16.2 Å². The fourth-order valence-electron chi connectivity index (χ4n) is 2.31. The predicted octanol–water partition coefficient (Wildman–Crippen LogP) is 0.838. The zero-order valence-corrected chi connectivity index (χ0v) is 12.3. The van der Waals surface area contributed by atoms with Crippen molar-refractivity contribution in [1.82, 2.24) is 15.1 Å². The summed E-state index contributed by atoms with van der Waals surface area (Å²) in [6.45, 7) is 4.74. The van der Waals surface area contributed by atoms with Crippen LogP contribution in [0.3, 0.4) is 0 Å². The predicted molar refractivity (Wildman–Crippen MR) is 79.4 cm³/mol. The molecule has 1 amide bonds. The number of benzene rings is 1. The molecule has 0 saturated heterocycles. The van der Waals surface area contributed by atoms with E-state index in [2.05, 4.69) is 10.4 Å². The molecule has 0 unspecified atom stereocenters. The normalized spacial score (nSPS) is 10.7. The molecule has 21 heavy (non-hydrogen) atoms. The molecule has 4 N–H and O–H groups in total. The Morgan fingerprint density at radius 3 is 2.57 bits per heavy atom. The molecule has 0 saturated carbocycles. The van der Waals surface area contributed by atoms with Gasteiger partial charge >= 0.3 is 0 Å². The first-order valence-electron chi connectivity index (χ1n) is 6.75. The minimum Gasteiger partial charge on any atom is -0.374 e. The van der Waals surface area contributed by atoms with Crippen molar-refractivity contribution in [3.05, 3.63) is 52.3 Å². The van der Waals surface area contributed by atoms with Gasteiger partial charge in [-0.05, 0) is 36.1 Å². The van der Waals surface area contributed by atoms with Crippen LogP contribution in [0, 0.1) is 13.8 Å². The highest BCUT2D eigenvalue weighted by molar-refractivity contribution is 5.93. The van der Waals surface area contributed by atoms with E-state index in [-0.39, 0.29) is 12.6 Å². The summed E-state index contributed by atoms with van der Waals surface area (Å²) in [7, 11) is 0. The smallest absolute Gasteiger partial charge is 0.254 e. The summed E-state index contributed by atoms with van der Waals surface area (Å²) in [5.41, 5.74) is 10.5. The van der Waals surface area contributed by atoms with Crippen molar-refractivity contribution in [2.75, 3.05) is 0 Å². The van der Waals surface area contributed by atoms with E-state index in [9.17, 15) is 4.79 Å². The lowest BCUT2D eigenvalue weighted by Gasteiger charge is -2.12. The maximum absolute atomic E-state index is 12.0. The first-order valence-corrected chi connectivity index (χ1v) is 6.75. The monoisotopic (exact) mass is 288 g/mol. The van der Waals surface area contributed by atoms with E-state index in [4.69, 9.17) is 10.8 Å². The third-order valence-corrected chi connectivity index (χ3v) is 3.46. The molecule has 6 heteroatoms. The van der Waals surface area contributed by atoms with Crippen LogP contribution >= 0.6 is 0 Å². The van der Waals surface area contributed by atoms with Gasteiger partial charge in [0.15, 0.2) is 0 Å². The first kappa shape index (κ1) is 15.2. The molecule has 0 bridgehead atoms. The highest BCUT2D eigenvalue weighted by atomic mass is 16.3. The van der Waals surface area contributed by atoms with Crippen LogP contribution < -0.4 is 11.1 Å². The van der Waals surface area contributed by atoms with E-state index in [1.807, 2.05) is 26.0 Å². The van der Waals surface area contributed by atoms with Crippen molar-refractivity contribution in [2.45, 2.75) is 33.7 Å². The van der Waals surface area contributed by atoms with Crippen LogP contribution in [-0.2, 0) is 19.8 Å². The minimum atomic E-state index is -0.244. The number of aliphatic hydroxyl groups excluding tert-OH is 1. The fraction of sp³-hybridized carbons (Fsp3) is 0.333. The van der Waals surface area contributed by atoms with Crippen molar-refractivity contribution >= 4 is 5.91 Å². The van der Waals surface area contributed by atoms with Gasteiger partial charge in [0.1, 0.15) is 6.73 Å². The quantitative estimate of drug-likeness (QED) is 0.760. The number of nitrogens with one attached hydrogen (secondary N) is 1. The van der Waals surface area contributed by atoms with E-state index in [1.54, 1.807) is 0 Å². The number of carbonyl (C=O) groups is 1. The van der Waals surface area contributed by atoms with Crippen molar-refractivity contribution in [3.8, 4) is 0 Å². The maximum atomic E-state index is 12.0. The van der Waals surface area contributed by atoms with Gasteiger partial charge in [0.05, 0.1) is 11.8 Å². The van der Waals surface area contributed by atoms with Crippen molar-refractivity contribution < 1.29 is 9.90 Å². The molecule has 0 fully saturated rings. The maximum Gasteiger partial charge on any atom is 0.254 e. The summed E-state index contributed by atoms with van der Waals surface area (Å²) in [5, 5.41) is 15.6. The second-order valence-electron chi connectivity index (χ2n) is 5.00. The van der Waals surface area contributed by atoms with Crippen molar-refractivity contribution in [3.63, 3.8) is 0 Å². The van der Waals surface area contributed by atoms with Crippen LogP contribution in [0.5, 0.6) is 0 Å². The first-order chi connectivity index (χ1) is 10.0. The van der Waals surface area contributed by atoms with Crippen molar-refractivity contribution in [2.24, 2.45) is 5.73 Å². The largest absolute Gasteiger partial charge is 0.374 e. The minimum absolute atomic E-state index is 0.212. The number of aliphatic hydroxyl groups is 1. The van der Waals surface area contributed by atoms with E-state index >= 15 is 0 Å². The number of nitrogens with two attached hydrogens (primary N) is 1. The molecule has 0 radical (unpaired) electrons. The number of amides is 1. The van der Waals surface area contributed by atoms with Gasteiger partial charge in [-0.15, -0.1) is 0 Å². The molecule has 2 aromatic rings. The molecule has 1 aromatic heterocycles. The number of carbonyl (C=O) groups excluding carboxylic acids is 1. The lowest BCUT2D eigenvalue weighted by molar-refractivity contribution is 0.0950. The molecule has 0 aliphatic carbocycles. The molecule has 0 spiro atoms. The van der Waals surface area contributed by atoms with Crippen LogP contribution in [0.15, 0.2) is 24.5 Å². The summed E-state index contributed by atoms with van der Waals surface area (Å²) >= 11 is 0. The Kier molecular flexibility index (Phi) is 4.72. The van der Waals surface area contributed by atoms with E-state index in [0.717, 1.165) is 22.3 Å². The Bertz CT molecular complexity index is 626. The molecule has 0 aliphatic heterocycles. The number of nitrogens with zero attached hydrogens (tertiary/aromatic N) is 2. The number of hydrogen-bond donors (Lipinski definition) is 3. The summed E-state index contributed by atoms with van der Waals surface area (Å²) in [4.78, 5) is 12.0. The lowest BCUT2D eigenvalue weighted by atomic mass is 9.99. The van der Waals surface area contributed by atoms with Gasteiger partial charge in [-0.25, -0.2) is 4.68 Å². The van der Waals surface area contributed by atoms with Gasteiger partial charge in [-0.1, -0.05) is 12.1 Å². The molecule has 2 rings (SSSR count). The SMILES string of the molecule is Cc1cc(CN)cc(C)c1CNC(=O)c1cnn(CO)c1. The van der Waals surface area contributed by atoms with Gasteiger partial charge in [-0.3, -0.25) is 4.79 Å². The Morgan fingerprint density at radius 1 is 1.38 bits per heavy atom. The summed E-state index contributed by atoms with van der Waals surface area (Å²) < 4.78 is 1.29. The molecular weight excluding hydrogens is 268 g/mol. The molecule has 112 valence electrons. The highest BCUT2D eigenvalue weighted by Crippen LogP contribution is 2.16. The van der Waals surface area contributed by atoms with Gasteiger partial charge in [0, 0.05) is 19.3 Å². The Balaban J connectivity index is 2.07. The van der Waals surface area contributed by atoms with Crippen LogP contribution in [0.25, 0.3) is 0 Å². The summed E-state index contributed by atoms with van der Waals surface area (Å²) in [6.07, 6.45) is 2.94. The second-order valence-corrected chi connectivity index (χ2v) is 5.00. The van der Waals surface area contributed by atoms with Crippen LogP contribution in [0.4, 0.5) is 0 Å². The number of hydrogen-bond acceptors (Lipinski definition) is 4. The van der Waals surface area contributed by atoms with Crippen molar-refractivity contribution in [1.29, 1.82) is 0 Å². The molecule has 1 aromatic carbocycles. The lowest BCUT2D eigenvalue weighted by Crippen LogP contribution is -2.23. The van der Waals surface area contributed by atoms with Crippen LogP contribution in [-0.4, -0.2) is 20.8 Å². The number of aryl methyl sites for hydroxylation is 2. The third-order valence-electron chi connectivity index (χ3n) is 3.46. The van der Waals surface area contributed by atoms with E-state index < -0.39 is 0 Å². The average molecular weight is 288 g/mol. The average Bonchev–Trinajstić information content (AvgIpc) is 2.94. The number of rotatable bonds is 5.